The van der Waals surface area contributed by atoms with Crippen LogP contribution in [0, 0.1) is 47.3 Å². The molecule has 8 bridgehead atoms. The van der Waals surface area contributed by atoms with Gasteiger partial charge in [0.1, 0.15) is 0 Å². The van der Waals surface area contributed by atoms with E-state index >= 15 is 0 Å². The van der Waals surface area contributed by atoms with Gasteiger partial charge in [0.15, 0.2) is 0 Å². The minimum absolute atomic E-state index is 0.0278. The molecule has 0 amide bonds. The van der Waals surface area contributed by atoms with Crippen molar-refractivity contribution in [2.24, 2.45) is 47.3 Å². The maximum absolute atomic E-state index is 5.54. The predicted octanol–water partition coefficient (Wildman–Crippen LogP) is 12.9. The summed E-state index contributed by atoms with van der Waals surface area (Å²) in [6.45, 7) is 7.15. The second kappa shape index (κ2) is 12.9. The zero-order valence-electron chi connectivity index (χ0n) is 32.6. The maximum atomic E-state index is 5.54. The lowest BCUT2D eigenvalue weighted by Gasteiger charge is -2.62. The average Bonchev–Trinajstić information content (AvgIpc) is 3.16. The highest BCUT2D eigenvalue weighted by Gasteiger charge is 2.57. The molecule has 8 aliphatic rings. The van der Waals surface area contributed by atoms with Crippen LogP contribution < -0.4 is 0 Å². The lowest BCUT2D eigenvalue weighted by atomic mass is 9.55. The zero-order chi connectivity index (χ0) is 36.3. The molecule has 1 unspecified atom stereocenters. The lowest BCUT2D eigenvalue weighted by molar-refractivity contribution is 0.0129. The average molecular weight is 749 g/mol. The van der Waals surface area contributed by atoms with E-state index in [1.54, 1.807) is 18.4 Å². The lowest BCUT2D eigenvalue weighted by Crippen LogP contribution is -2.52. The van der Waals surface area contributed by atoms with E-state index < -0.39 is 5.16 Å². The van der Waals surface area contributed by atoms with Crippen molar-refractivity contribution in [2.75, 3.05) is 0 Å². The van der Waals surface area contributed by atoms with Crippen molar-refractivity contribution in [3.63, 3.8) is 0 Å². The van der Waals surface area contributed by atoms with Crippen molar-refractivity contribution < 1.29 is 0 Å². The van der Waals surface area contributed by atoms with E-state index in [1.807, 2.05) is 0 Å². The van der Waals surface area contributed by atoms with Crippen molar-refractivity contribution in [3.05, 3.63) is 119 Å². The van der Waals surface area contributed by atoms with Crippen molar-refractivity contribution in [3.8, 4) is 0 Å². The molecule has 3 aromatic carbocycles. The van der Waals surface area contributed by atoms with Crippen LogP contribution in [-0.2, 0) is 16.7 Å². The van der Waals surface area contributed by atoms with Crippen LogP contribution in [0.25, 0.3) is 21.8 Å². The van der Waals surface area contributed by atoms with Gasteiger partial charge in [-0.2, -0.15) is 0 Å². The third kappa shape index (κ3) is 5.69. The molecule has 278 valence electrons. The fourth-order valence-corrected chi connectivity index (χ4v) is 19.2. The zero-order valence-corrected chi connectivity index (χ0v) is 34.7. The Hall–Kier alpha value is -2.66. The molecule has 0 saturated heterocycles. The highest BCUT2D eigenvalue weighted by molar-refractivity contribution is 7.58. The van der Waals surface area contributed by atoms with Gasteiger partial charge in [0.05, 0.1) is 27.6 Å². The van der Waals surface area contributed by atoms with Gasteiger partial charge in [0.2, 0.25) is 0 Å². The number of aromatic nitrogens is 2. The van der Waals surface area contributed by atoms with E-state index in [4.69, 9.17) is 9.97 Å². The van der Waals surface area contributed by atoms with Crippen molar-refractivity contribution >= 4 is 39.0 Å². The first-order chi connectivity index (χ1) is 26.2. The van der Waals surface area contributed by atoms with Gasteiger partial charge < -0.3 is 0 Å². The molecule has 13 rings (SSSR count). The molecule has 1 atom stereocenters. The van der Waals surface area contributed by atoms with E-state index in [-0.39, 0.29) is 13.3 Å². The Balaban J connectivity index is 1.11. The van der Waals surface area contributed by atoms with Crippen molar-refractivity contribution in [1.29, 1.82) is 0 Å². The number of hydrogen-bond donors (Lipinski definition) is 0. The first-order valence-electron chi connectivity index (χ1n) is 21.6. The molecule has 8 saturated carbocycles. The number of hydrogen-bond acceptors (Lipinski definition) is 2. The van der Waals surface area contributed by atoms with Gasteiger partial charge in [-0.15, -0.1) is 9.24 Å². The van der Waals surface area contributed by atoms with Crippen LogP contribution in [0.15, 0.2) is 91.0 Å². The number of nitrogens with zero attached hydrogens (tertiary/aromatic N) is 2. The topological polar surface area (TPSA) is 25.8 Å². The Morgan fingerprint density at radius 1 is 0.556 bits per heavy atom. The molecule has 0 spiro atoms. The van der Waals surface area contributed by atoms with Gasteiger partial charge in [-0.25, -0.2) is 0 Å². The number of benzene rings is 3. The minimum Gasteiger partial charge on any atom is -0.251 e. The summed E-state index contributed by atoms with van der Waals surface area (Å²) < 4.78 is 0. The number of pyridine rings is 2. The first-order valence-corrected chi connectivity index (χ1v) is 23.8. The Labute approximate surface area is 327 Å². The third-order valence-electron chi connectivity index (χ3n) is 15.9. The van der Waals surface area contributed by atoms with Crippen LogP contribution >= 0.6 is 17.2 Å². The normalized spacial score (nSPS) is 33.2. The molecule has 2 heterocycles. The maximum Gasteiger partial charge on any atom is 0.0936 e. The summed E-state index contributed by atoms with van der Waals surface area (Å²) in [6.07, 6.45) is 16.7. The molecule has 0 radical (unpaired) electrons. The first kappa shape index (κ1) is 34.6. The summed E-state index contributed by atoms with van der Waals surface area (Å²) in [7, 11) is 3.25. The predicted molar refractivity (Wildman–Crippen MR) is 231 cm³/mol. The molecule has 8 aliphatic carbocycles. The van der Waals surface area contributed by atoms with E-state index in [1.165, 1.54) is 79.4 Å². The van der Waals surface area contributed by atoms with Gasteiger partial charge in [0, 0.05) is 10.8 Å². The van der Waals surface area contributed by atoms with Crippen LogP contribution in [0.4, 0.5) is 0 Å². The Kier molecular flexibility index (Phi) is 8.28. The standard InChI is InChI=1S/C50H58N2P2/c1-49(2,3)41-15-12-36(29-54(47-37-20-30-18-31(22-37)23-38(47)21-30)48-39-24-32-19-33(26-39)27-40(48)25-32)42(28-41)50(53,45-16-13-34-8-4-6-10-43(34)51-45)46-17-14-35-9-5-7-11-44(35)52-46/h4-17,28,30-33,37-40,47-48H,18-27,29,53H2,1-3H3. The van der Waals surface area contributed by atoms with Crippen LogP contribution in [-0.4, -0.2) is 21.3 Å². The fourth-order valence-electron chi connectivity index (χ4n) is 14.0. The molecular weight excluding hydrogens is 691 g/mol. The number of para-hydroxylation sites is 2. The molecule has 2 aromatic heterocycles. The number of fused-ring (bicyclic) bond motifs is 2. The van der Waals surface area contributed by atoms with E-state index in [9.17, 15) is 0 Å². The molecule has 2 nitrogen and oxygen atoms in total. The van der Waals surface area contributed by atoms with Crippen LogP contribution in [0.1, 0.15) is 113 Å². The van der Waals surface area contributed by atoms with E-state index in [0.29, 0.717) is 0 Å². The van der Waals surface area contributed by atoms with E-state index in [0.717, 1.165) is 81.1 Å². The Bertz CT molecular complexity index is 2060. The quantitative estimate of drug-likeness (QED) is 0.155. The number of rotatable bonds is 7. The van der Waals surface area contributed by atoms with Crippen LogP contribution in [0.5, 0.6) is 0 Å². The smallest absolute Gasteiger partial charge is 0.0936 e. The summed E-state index contributed by atoms with van der Waals surface area (Å²) in [4.78, 5) is 11.1. The summed E-state index contributed by atoms with van der Waals surface area (Å²) in [5, 5.41) is 1.78. The van der Waals surface area contributed by atoms with E-state index in [2.05, 4.69) is 121 Å². The minimum atomic E-state index is -0.597. The molecule has 0 N–H and O–H groups in total. The van der Waals surface area contributed by atoms with Crippen molar-refractivity contribution in [1.82, 2.24) is 9.97 Å². The molecule has 8 fully saturated rings. The van der Waals surface area contributed by atoms with Gasteiger partial charge in [0.25, 0.3) is 0 Å². The second-order valence-corrected chi connectivity index (χ2v) is 23.6. The van der Waals surface area contributed by atoms with Crippen LogP contribution in [0.3, 0.4) is 0 Å². The third-order valence-corrected chi connectivity index (χ3v) is 20.7. The molecular formula is C50H58N2P2. The molecule has 54 heavy (non-hydrogen) atoms. The summed E-state index contributed by atoms with van der Waals surface area (Å²) in [5.74, 6) is 8.02. The summed E-state index contributed by atoms with van der Waals surface area (Å²) in [5.41, 5.74) is 10.6. The second-order valence-electron chi connectivity index (χ2n) is 20.2. The summed E-state index contributed by atoms with van der Waals surface area (Å²) in [6, 6.07) is 34.2. The Morgan fingerprint density at radius 2 is 1.00 bits per heavy atom. The molecule has 0 aliphatic heterocycles. The molecule has 5 aromatic rings. The van der Waals surface area contributed by atoms with Gasteiger partial charge in [-0.1, -0.05) is 95.4 Å². The monoisotopic (exact) mass is 748 g/mol. The SMILES string of the molecule is CC(C)(C)c1ccc(CP(C2C3CC4CC(C3)CC2C4)C2C3CC4CC(C3)CC2C4)c(C(P)(c2ccc3ccccc3n2)c2ccc3ccccc3n2)c1. The highest BCUT2D eigenvalue weighted by atomic mass is 31.1. The molecule has 4 heteroatoms. The summed E-state index contributed by atoms with van der Waals surface area (Å²) >= 11 is 0. The largest absolute Gasteiger partial charge is 0.251 e. The van der Waals surface area contributed by atoms with Crippen molar-refractivity contribution in [2.45, 2.75) is 113 Å². The van der Waals surface area contributed by atoms with Gasteiger partial charge in [-0.3, -0.25) is 9.97 Å². The van der Waals surface area contributed by atoms with Gasteiger partial charge >= 0.3 is 0 Å². The highest BCUT2D eigenvalue weighted by Crippen LogP contribution is 2.72. The fraction of sp³-hybridized carbons (Fsp3) is 0.520. The van der Waals surface area contributed by atoms with Crippen LogP contribution in [0.2, 0.25) is 0 Å². The van der Waals surface area contributed by atoms with Gasteiger partial charge in [-0.05, 0) is 175 Å². The Morgan fingerprint density at radius 3 is 1.44 bits per heavy atom.